The van der Waals surface area contributed by atoms with Gasteiger partial charge in [0.25, 0.3) is 15.9 Å². The maximum absolute atomic E-state index is 13.7. The number of methoxy groups -OCH3 is 1. The van der Waals surface area contributed by atoms with Crippen LogP contribution in [0.15, 0.2) is 76.5 Å². The van der Waals surface area contributed by atoms with E-state index in [1.54, 1.807) is 6.92 Å². The fourth-order valence-electron chi connectivity index (χ4n) is 4.61. The third-order valence-corrected chi connectivity index (χ3v) is 10.7. The molecular weight excluding hydrogens is 618 g/mol. The third kappa shape index (κ3) is 7.24. The second-order valence-electron chi connectivity index (χ2n) is 10.4. The summed E-state index contributed by atoms with van der Waals surface area (Å²) in [5.74, 6) is -0.158. The lowest BCUT2D eigenvalue weighted by Gasteiger charge is -2.38. The molecule has 4 rings (SSSR count). The molecule has 2 N–H and O–H groups in total. The first-order valence-corrected chi connectivity index (χ1v) is 16.7. The number of carbonyl (C=O) groups is 1. The van der Waals surface area contributed by atoms with Gasteiger partial charge in [-0.05, 0) is 73.7 Å². The minimum atomic E-state index is -4.01. The average molecular weight is 652 g/mol. The molecule has 0 saturated heterocycles. The summed E-state index contributed by atoms with van der Waals surface area (Å²) in [4.78, 5) is 15.3. The largest absolute Gasteiger partial charge is 0.497 e. The molecule has 43 heavy (non-hydrogen) atoms. The van der Waals surface area contributed by atoms with Crippen LogP contribution in [0, 0.1) is 5.92 Å². The van der Waals surface area contributed by atoms with Crippen molar-refractivity contribution < 1.29 is 36.2 Å². The van der Waals surface area contributed by atoms with Crippen LogP contribution in [0.3, 0.4) is 0 Å². The van der Waals surface area contributed by atoms with Crippen LogP contribution in [-0.4, -0.2) is 83.1 Å². The summed E-state index contributed by atoms with van der Waals surface area (Å²) >= 11 is 5.93. The first-order valence-electron chi connectivity index (χ1n) is 13.4. The Labute approximate surface area is 257 Å². The van der Waals surface area contributed by atoms with Crippen molar-refractivity contribution in [3.63, 3.8) is 0 Å². The topological polar surface area (TPSA) is 143 Å². The average Bonchev–Trinajstić information content (AvgIpc) is 2.98. The molecule has 232 valence electrons. The first-order chi connectivity index (χ1) is 20.3. The SMILES string of the molecule is COc1ccc(S(=O)(=O)Nc2ccc3c(c2)C(=O)N([C@@H](C)CO)C[C@H](C)[C@H](CN(C)S(=O)(=O)c2ccc(Cl)cc2)O3)cc1. The fraction of sp³-hybridized carbons (Fsp3) is 0.345. The summed E-state index contributed by atoms with van der Waals surface area (Å²) in [5.41, 5.74) is 0.186. The monoisotopic (exact) mass is 651 g/mol. The Kier molecular flexibility index (Phi) is 9.92. The van der Waals surface area contributed by atoms with Crippen LogP contribution >= 0.6 is 11.6 Å². The number of nitrogens with zero attached hydrogens (tertiary/aromatic N) is 2. The van der Waals surface area contributed by atoms with Crippen molar-refractivity contribution in [1.82, 2.24) is 9.21 Å². The van der Waals surface area contributed by atoms with Crippen LogP contribution in [0.4, 0.5) is 5.69 Å². The van der Waals surface area contributed by atoms with Crippen molar-refractivity contribution in [1.29, 1.82) is 0 Å². The van der Waals surface area contributed by atoms with Crippen LogP contribution in [0.5, 0.6) is 11.5 Å². The molecule has 0 unspecified atom stereocenters. The molecule has 14 heteroatoms. The normalized spacial score (nSPS) is 18.3. The maximum atomic E-state index is 13.7. The maximum Gasteiger partial charge on any atom is 0.261 e. The van der Waals surface area contributed by atoms with Gasteiger partial charge in [0.05, 0.1) is 41.7 Å². The van der Waals surface area contributed by atoms with Crippen molar-refractivity contribution in [2.75, 3.05) is 38.6 Å². The van der Waals surface area contributed by atoms with Gasteiger partial charge in [0, 0.05) is 30.2 Å². The van der Waals surface area contributed by atoms with E-state index in [-0.39, 0.29) is 52.4 Å². The highest BCUT2D eigenvalue weighted by atomic mass is 35.5. The number of hydrogen-bond donors (Lipinski definition) is 2. The molecule has 0 saturated carbocycles. The van der Waals surface area contributed by atoms with E-state index in [0.29, 0.717) is 10.8 Å². The molecular formula is C29H34ClN3O8S2. The number of aliphatic hydroxyl groups is 1. The van der Waals surface area contributed by atoms with Crippen molar-refractivity contribution in [2.24, 2.45) is 5.92 Å². The Morgan fingerprint density at radius 1 is 1.07 bits per heavy atom. The smallest absolute Gasteiger partial charge is 0.261 e. The number of hydrogen-bond acceptors (Lipinski definition) is 8. The van der Waals surface area contributed by atoms with Gasteiger partial charge in [0.1, 0.15) is 17.6 Å². The minimum absolute atomic E-state index is 0.00280. The summed E-state index contributed by atoms with van der Waals surface area (Å²) in [6.45, 7) is 3.32. The number of halogens is 1. The number of aliphatic hydroxyl groups excluding tert-OH is 1. The van der Waals surface area contributed by atoms with Gasteiger partial charge in [-0.25, -0.2) is 16.8 Å². The predicted molar refractivity (Wildman–Crippen MR) is 163 cm³/mol. The van der Waals surface area contributed by atoms with Crippen LogP contribution in [-0.2, 0) is 20.0 Å². The van der Waals surface area contributed by atoms with E-state index in [0.717, 1.165) is 0 Å². The van der Waals surface area contributed by atoms with Gasteiger partial charge in [-0.3, -0.25) is 9.52 Å². The van der Waals surface area contributed by atoms with Gasteiger partial charge in [0.2, 0.25) is 10.0 Å². The number of amides is 1. The number of benzene rings is 3. The second-order valence-corrected chi connectivity index (χ2v) is 14.5. The van der Waals surface area contributed by atoms with Crippen molar-refractivity contribution in [3.8, 4) is 11.5 Å². The molecule has 0 fully saturated rings. The molecule has 3 atom stereocenters. The van der Waals surface area contributed by atoms with Gasteiger partial charge in [0.15, 0.2) is 0 Å². The van der Waals surface area contributed by atoms with Gasteiger partial charge >= 0.3 is 0 Å². The molecule has 1 amide bonds. The molecule has 0 spiro atoms. The lowest BCUT2D eigenvalue weighted by atomic mass is 9.99. The number of sulfonamides is 2. The zero-order chi connectivity index (χ0) is 31.5. The third-order valence-electron chi connectivity index (χ3n) is 7.25. The van der Waals surface area contributed by atoms with E-state index in [9.17, 15) is 26.7 Å². The van der Waals surface area contributed by atoms with Gasteiger partial charge in [-0.1, -0.05) is 18.5 Å². The summed E-state index contributed by atoms with van der Waals surface area (Å²) in [6, 6.07) is 15.4. The predicted octanol–water partition coefficient (Wildman–Crippen LogP) is 3.69. The molecule has 3 aromatic carbocycles. The zero-order valence-corrected chi connectivity index (χ0v) is 26.5. The Hall–Kier alpha value is -3.36. The number of anilines is 1. The molecule has 3 aromatic rings. The summed E-state index contributed by atoms with van der Waals surface area (Å²) < 4.78 is 67.7. The Morgan fingerprint density at radius 2 is 1.70 bits per heavy atom. The summed E-state index contributed by atoms with van der Waals surface area (Å²) in [7, 11) is -4.98. The fourth-order valence-corrected chi connectivity index (χ4v) is 6.97. The molecule has 11 nitrogen and oxygen atoms in total. The molecule has 0 aliphatic carbocycles. The summed E-state index contributed by atoms with van der Waals surface area (Å²) in [6.07, 6.45) is -0.700. The molecule has 0 radical (unpaired) electrons. The van der Waals surface area contributed by atoms with Gasteiger partial charge in [-0.15, -0.1) is 0 Å². The molecule has 1 heterocycles. The second kappa shape index (κ2) is 13.1. The number of ether oxygens (including phenoxy) is 2. The first kappa shape index (κ1) is 32.6. The van der Waals surface area contributed by atoms with E-state index in [2.05, 4.69) is 4.72 Å². The lowest BCUT2D eigenvalue weighted by molar-refractivity contribution is 0.0387. The zero-order valence-electron chi connectivity index (χ0n) is 24.1. The Balaban J connectivity index is 1.67. The van der Waals surface area contributed by atoms with Crippen molar-refractivity contribution in [3.05, 3.63) is 77.3 Å². The number of carbonyl (C=O) groups excluding carboxylic acids is 1. The van der Waals surface area contributed by atoms with E-state index in [1.165, 1.54) is 90.1 Å². The Morgan fingerprint density at radius 3 is 2.30 bits per heavy atom. The lowest BCUT2D eigenvalue weighted by Crippen LogP contribution is -2.50. The number of fused-ring (bicyclic) bond motifs is 1. The van der Waals surface area contributed by atoms with Crippen LogP contribution in [0.25, 0.3) is 0 Å². The van der Waals surface area contributed by atoms with E-state index in [4.69, 9.17) is 21.1 Å². The highest BCUT2D eigenvalue weighted by Gasteiger charge is 2.35. The van der Waals surface area contributed by atoms with Crippen LogP contribution in [0.2, 0.25) is 5.02 Å². The standard InChI is InChI=1S/C29H34ClN3O8S2/c1-19-16-33(20(2)18-34)29(35)26-15-22(31-42(36,37)24-12-8-23(40-4)9-13-24)7-14-27(26)41-28(19)17-32(3)43(38,39)25-10-5-21(30)6-11-25/h5-15,19-20,28,31,34H,16-18H2,1-4H3/t19-,20-,28-/m0/s1. The Bertz CT molecular complexity index is 1670. The summed E-state index contributed by atoms with van der Waals surface area (Å²) in [5, 5.41) is 10.3. The van der Waals surface area contributed by atoms with Crippen molar-refractivity contribution in [2.45, 2.75) is 35.8 Å². The molecule has 1 aliphatic rings. The van der Waals surface area contributed by atoms with E-state index in [1.807, 2.05) is 6.92 Å². The molecule has 0 aromatic heterocycles. The minimum Gasteiger partial charge on any atom is -0.497 e. The van der Waals surface area contributed by atoms with Gasteiger partial charge in [-0.2, -0.15) is 4.31 Å². The number of rotatable bonds is 10. The van der Waals surface area contributed by atoms with Crippen LogP contribution in [0.1, 0.15) is 24.2 Å². The van der Waals surface area contributed by atoms with E-state index < -0.39 is 38.1 Å². The molecule has 1 aliphatic heterocycles. The van der Waals surface area contributed by atoms with Crippen LogP contribution < -0.4 is 14.2 Å². The van der Waals surface area contributed by atoms with Crippen molar-refractivity contribution >= 4 is 43.2 Å². The number of likely N-dealkylation sites (N-methyl/N-ethyl adjacent to an activating group) is 1. The number of nitrogens with one attached hydrogen (secondary N) is 1. The highest BCUT2D eigenvalue weighted by Crippen LogP contribution is 2.32. The highest BCUT2D eigenvalue weighted by molar-refractivity contribution is 7.92. The quantitative estimate of drug-likeness (QED) is 0.338. The molecule has 0 bridgehead atoms. The van der Waals surface area contributed by atoms with Gasteiger partial charge < -0.3 is 19.5 Å². The van der Waals surface area contributed by atoms with E-state index >= 15 is 0 Å².